The van der Waals surface area contributed by atoms with Crippen molar-refractivity contribution in [3.63, 3.8) is 0 Å². The van der Waals surface area contributed by atoms with Crippen molar-refractivity contribution in [3.8, 4) is 10.4 Å². The van der Waals surface area contributed by atoms with Crippen LogP contribution in [0.5, 0.6) is 0 Å². The van der Waals surface area contributed by atoms with Gasteiger partial charge in [0.25, 0.3) is 5.91 Å². The minimum absolute atomic E-state index is 0.250. The molecule has 2 amide bonds. The van der Waals surface area contributed by atoms with Crippen LogP contribution in [0.2, 0.25) is 0 Å². The third-order valence-corrected chi connectivity index (χ3v) is 5.76. The standard InChI is InChI=1S/C20H17FN2O2S2/c21-16-8-6-15(7-9-16)17-10-11-18(27-17)20(25)23-22-19(24)13-26-12-14-4-2-1-3-5-14/h1-11H,12-13H2,(H,22,24)(H,23,25). The topological polar surface area (TPSA) is 58.2 Å². The molecule has 0 aliphatic carbocycles. The van der Waals surface area contributed by atoms with Crippen LogP contribution in [0.4, 0.5) is 4.39 Å². The second kappa shape index (κ2) is 9.34. The average Bonchev–Trinajstić information content (AvgIpc) is 3.18. The highest BCUT2D eigenvalue weighted by molar-refractivity contribution is 7.99. The minimum Gasteiger partial charge on any atom is -0.272 e. The molecule has 0 aliphatic rings. The van der Waals surface area contributed by atoms with Gasteiger partial charge in [0.1, 0.15) is 5.82 Å². The molecule has 0 saturated carbocycles. The van der Waals surface area contributed by atoms with Crippen LogP contribution in [0.1, 0.15) is 15.2 Å². The molecule has 138 valence electrons. The van der Waals surface area contributed by atoms with Gasteiger partial charge in [-0.1, -0.05) is 42.5 Å². The first-order valence-electron chi connectivity index (χ1n) is 8.18. The zero-order chi connectivity index (χ0) is 19.1. The highest BCUT2D eigenvalue weighted by Gasteiger charge is 2.11. The largest absolute Gasteiger partial charge is 0.279 e. The van der Waals surface area contributed by atoms with Gasteiger partial charge in [-0.25, -0.2) is 4.39 Å². The van der Waals surface area contributed by atoms with Crippen LogP contribution in [-0.4, -0.2) is 17.6 Å². The van der Waals surface area contributed by atoms with Crippen LogP contribution in [0.15, 0.2) is 66.7 Å². The van der Waals surface area contributed by atoms with Gasteiger partial charge in [0.2, 0.25) is 5.91 Å². The molecule has 1 heterocycles. The van der Waals surface area contributed by atoms with E-state index in [1.807, 2.05) is 30.3 Å². The second-order valence-corrected chi connectivity index (χ2v) is 7.72. The Bertz CT molecular complexity index is 911. The van der Waals surface area contributed by atoms with Crippen molar-refractivity contribution in [1.82, 2.24) is 10.9 Å². The van der Waals surface area contributed by atoms with Crippen LogP contribution in [0.3, 0.4) is 0 Å². The van der Waals surface area contributed by atoms with Gasteiger partial charge in [0, 0.05) is 10.6 Å². The van der Waals surface area contributed by atoms with E-state index in [2.05, 4.69) is 10.9 Å². The molecule has 0 spiro atoms. The number of hydrogen-bond acceptors (Lipinski definition) is 4. The van der Waals surface area contributed by atoms with Gasteiger partial charge >= 0.3 is 0 Å². The van der Waals surface area contributed by atoms with Gasteiger partial charge in [-0.3, -0.25) is 20.4 Å². The van der Waals surface area contributed by atoms with E-state index in [1.165, 1.54) is 35.2 Å². The number of carbonyl (C=O) groups is 2. The van der Waals surface area contributed by atoms with E-state index in [0.29, 0.717) is 4.88 Å². The van der Waals surface area contributed by atoms with E-state index < -0.39 is 0 Å². The maximum absolute atomic E-state index is 13.0. The highest BCUT2D eigenvalue weighted by atomic mass is 32.2. The molecular weight excluding hydrogens is 383 g/mol. The Morgan fingerprint density at radius 3 is 2.41 bits per heavy atom. The third kappa shape index (κ3) is 5.67. The number of nitrogens with one attached hydrogen (secondary N) is 2. The number of carbonyl (C=O) groups excluding carboxylic acids is 2. The first-order valence-corrected chi connectivity index (χ1v) is 10.2. The molecule has 0 radical (unpaired) electrons. The van der Waals surface area contributed by atoms with E-state index in [1.54, 1.807) is 24.3 Å². The van der Waals surface area contributed by atoms with Crippen LogP contribution in [0.25, 0.3) is 10.4 Å². The normalized spacial score (nSPS) is 10.4. The zero-order valence-electron chi connectivity index (χ0n) is 14.3. The Balaban J connectivity index is 1.45. The van der Waals surface area contributed by atoms with E-state index in [-0.39, 0.29) is 23.4 Å². The molecule has 7 heteroatoms. The molecule has 4 nitrogen and oxygen atoms in total. The number of thiophene rings is 1. The Labute approximate surface area is 164 Å². The molecule has 0 atom stereocenters. The molecule has 0 saturated heterocycles. The summed E-state index contributed by atoms with van der Waals surface area (Å²) in [6.07, 6.45) is 0. The van der Waals surface area contributed by atoms with E-state index >= 15 is 0 Å². The molecule has 2 N–H and O–H groups in total. The van der Waals surface area contributed by atoms with Gasteiger partial charge < -0.3 is 0 Å². The molecule has 2 aromatic carbocycles. The summed E-state index contributed by atoms with van der Waals surface area (Å²) >= 11 is 2.75. The maximum Gasteiger partial charge on any atom is 0.279 e. The summed E-state index contributed by atoms with van der Waals surface area (Å²) in [4.78, 5) is 25.3. The smallest absolute Gasteiger partial charge is 0.272 e. The lowest BCUT2D eigenvalue weighted by Gasteiger charge is -2.06. The quantitative estimate of drug-likeness (QED) is 0.608. The van der Waals surface area contributed by atoms with Gasteiger partial charge in [0.05, 0.1) is 10.6 Å². The molecular formula is C20H17FN2O2S2. The summed E-state index contributed by atoms with van der Waals surface area (Å²) in [7, 11) is 0. The lowest BCUT2D eigenvalue weighted by Crippen LogP contribution is -2.42. The summed E-state index contributed by atoms with van der Waals surface area (Å²) in [6.45, 7) is 0. The maximum atomic E-state index is 13.0. The van der Waals surface area contributed by atoms with Crippen molar-refractivity contribution in [2.75, 3.05) is 5.75 Å². The van der Waals surface area contributed by atoms with Crippen LogP contribution < -0.4 is 10.9 Å². The zero-order valence-corrected chi connectivity index (χ0v) is 15.9. The Hall–Kier alpha value is -2.64. The summed E-state index contributed by atoms with van der Waals surface area (Å²) < 4.78 is 13.0. The molecule has 0 fully saturated rings. The fourth-order valence-corrected chi connectivity index (χ4v) is 3.98. The lowest BCUT2D eigenvalue weighted by atomic mass is 10.2. The van der Waals surface area contributed by atoms with E-state index in [4.69, 9.17) is 0 Å². The highest BCUT2D eigenvalue weighted by Crippen LogP contribution is 2.28. The Kier molecular flexibility index (Phi) is 6.62. The van der Waals surface area contributed by atoms with Gasteiger partial charge in [-0.05, 0) is 35.4 Å². The van der Waals surface area contributed by atoms with Crippen molar-refractivity contribution in [1.29, 1.82) is 0 Å². The fourth-order valence-electron chi connectivity index (χ4n) is 2.29. The lowest BCUT2D eigenvalue weighted by molar-refractivity contribution is -0.119. The van der Waals surface area contributed by atoms with Crippen LogP contribution in [0, 0.1) is 5.82 Å². The van der Waals surface area contributed by atoms with Crippen molar-refractivity contribution in [2.24, 2.45) is 0 Å². The predicted octanol–water partition coefficient (Wildman–Crippen LogP) is 4.25. The van der Waals surface area contributed by atoms with Crippen LogP contribution in [-0.2, 0) is 10.5 Å². The number of amides is 2. The van der Waals surface area contributed by atoms with Gasteiger partial charge in [-0.15, -0.1) is 23.1 Å². The minimum atomic E-state index is -0.380. The first kappa shape index (κ1) is 19.1. The summed E-state index contributed by atoms with van der Waals surface area (Å²) in [6, 6.07) is 19.4. The SMILES string of the molecule is O=C(CSCc1ccccc1)NNC(=O)c1ccc(-c2ccc(F)cc2)s1. The number of benzene rings is 2. The number of hydrogen-bond donors (Lipinski definition) is 2. The fraction of sp³-hybridized carbons (Fsp3) is 0.100. The van der Waals surface area contributed by atoms with Crippen molar-refractivity contribution in [3.05, 3.63) is 83.0 Å². The van der Waals surface area contributed by atoms with Crippen molar-refractivity contribution >= 4 is 34.9 Å². The summed E-state index contributed by atoms with van der Waals surface area (Å²) in [5, 5.41) is 0. The average molecular weight is 401 g/mol. The first-order chi connectivity index (χ1) is 13.1. The predicted molar refractivity (Wildman–Crippen MR) is 108 cm³/mol. The molecule has 3 rings (SSSR count). The summed E-state index contributed by atoms with van der Waals surface area (Å²) in [5.74, 6) is 0.0321. The second-order valence-electron chi connectivity index (χ2n) is 5.65. The van der Waals surface area contributed by atoms with Gasteiger partial charge in [0.15, 0.2) is 0 Å². The molecule has 27 heavy (non-hydrogen) atoms. The van der Waals surface area contributed by atoms with E-state index in [9.17, 15) is 14.0 Å². The number of halogens is 1. The Morgan fingerprint density at radius 1 is 0.926 bits per heavy atom. The summed E-state index contributed by atoms with van der Waals surface area (Å²) in [5.41, 5.74) is 6.82. The number of rotatable bonds is 6. The van der Waals surface area contributed by atoms with Crippen molar-refractivity contribution < 1.29 is 14.0 Å². The number of hydrazine groups is 1. The van der Waals surface area contributed by atoms with Gasteiger partial charge in [-0.2, -0.15) is 0 Å². The van der Waals surface area contributed by atoms with Crippen molar-refractivity contribution in [2.45, 2.75) is 5.75 Å². The molecule has 0 aliphatic heterocycles. The molecule has 0 unspecified atom stereocenters. The Morgan fingerprint density at radius 2 is 1.67 bits per heavy atom. The monoisotopic (exact) mass is 400 g/mol. The number of thioether (sulfide) groups is 1. The molecule has 0 bridgehead atoms. The van der Waals surface area contributed by atoms with E-state index in [0.717, 1.165) is 21.8 Å². The molecule has 3 aromatic rings. The third-order valence-electron chi connectivity index (χ3n) is 3.62. The van der Waals surface area contributed by atoms with Crippen LogP contribution >= 0.6 is 23.1 Å². The molecule has 1 aromatic heterocycles.